The number of halogens is 1. The molecule has 0 unspecified atom stereocenters. The summed E-state index contributed by atoms with van der Waals surface area (Å²) in [6.45, 7) is 0. The molecule has 0 aliphatic carbocycles. The van der Waals surface area contributed by atoms with Crippen molar-refractivity contribution in [3.63, 3.8) is 0 Å². The average Bonchev–Trinajstić information content (AvgIpc) is 3.26. The Balaban J connectivity index is 1.65. The van der Waals surface area contributed by atoms with Crippen LogP contribution in [0.1, 0.15) is 22.6 Å². The summed E-state index contributed by atoms with van der Waals surface area (Å²) in [4.78, 5) is 10.5. The Hall–Kier alpha value is -2.57. The Labute approximate surface area is 165 Å². The summed E-state index contributed by atoms with van der Waals surface area (Å²) in [6, 6.07) is 8.24. The lowest BCUT2D eigenvalue weighted by Gasteiger charge is -2.15. The zero-order valence-electron chi connectivity index (χ0n) is 14.7. The molecule has 4 aromatic rings. The van der Waals surface area contributed by atoms with Crippen LogP contribution in [0, 0.1) is 0 Å². The largest absolute Gasteiger partial charge is 0.260 e. The number of aromatic nitrogens is 4. The van der Waals surface area contributed by atoms with Gasteiger partial charge in [0.25, 0.3) is 0 Å². The highest BCUT2D eigenvalue weighted by molar-refractivity contribution is 7.19. The number of nitrogens with zero attached hydrogens (tertiary/aromatic N) is 5. The zero-order chi connectivity index (χ0) is 18.4. The summed E-state index contributed by atoms with van der Waals surface area (Å²) in [5.74, 6) is 0. The highest BCUT2D eigenvalue weighted by atomic mass is 35.5. The van der Waals surface area contributed by atoms with Gasteiger partial charge >= 0.3 is 0 Å². The van der Waals surface area contributed by atoms with Gasteiger partial charge in [0.1, 0.15) is 0 Å². The van der Waals surface area contributed by atoms with E-state index in [0.717, 1.165) is 57.0 Å². The van der Waals surface area contributed by atoms with Gasteiger partial charge < -0.3 is 0 Å². The Bertz CT molecular complexity index is 1190. The van der Waals surface area contributed by atoms with Crippen LogP contribution in [0.5, 0.6) is 0 Å². The van der Waals surface area contributed by atoms with Gasteiger partial charge in [0.05, 0.1) is 21.6 Å². The fourth-order valence-corrected chi connectivity index (χ4v) is 4.92. The Kier molecular flexibility index (Phi) is 4.02. The molecule has 7 heteroatoms. The van der Waals surface area contributed by atoms with E-state index < -0.39 is 0 Å². The predicted molar refractivity (Wildman–Crippen MR) is 110 cm³/mol. The van der Waals surface area contributed by atoms with E-state index in [0.29, 0.717) is 0 Å². The van der Waals surface area contributed by atoms with Crippen LogP contribution in [-0.2, 0) is 19.9 Å². The quantitative estimate of drug-likeness (QED) is 0.493. The first-order chi connectivity index (χ1) is 13.2. The lowest BCUT2D eigenvalue weighted by atomic mass is 9.96. The van der Waals surface area contributed by atoms with Crippen molar-refractivity contribution in [2.75, 3.05) is 0 Å². The molecule has 0 spiro atoms. The van der Waals surface area contributed by atoms with Gasteiger partial charge in [0.15, 0.2) is 0 Å². The number of pyridine rings is 1. The van der Waals surface area contributed by atoms with Gasteiger partial charge in [0.2, 0.25) is 0 Å². The monoisotopic (exact) mass is 393 g/mol. The zero-order valence-corrected chi connectivity index (χ0v) is 16.3. The Morgan fingerprint density at radius 1 is 1.22 bits per heavy atom. The van der Waals surface area contributed by atoms with Crippen LogP contribution in [-0.4, -0.2) is 26.2 Å². The number of rotatable bonds is 3. The number of fused-ring (bicyclic) bond motifs is 2. The molecular formula is C20H16ClN5S. The Morgan fingerprint density at radius 2 is 2.15 bits per heavy atom. The standard InChI is InChI=1S/C20H16ClN5S/c1-26-11-14(24-25-26)9-15-10-18-20(27-15)16(4-6-22-18)17-8-13(21)7-12-3-2-5-23-19(12)17/h4-8,10-11H,2-3,9H2,1H3. The first-order valence-corrected chi connectivity index (χ1v) is 9.95. The van der Waals surface area contributed by atoms with Gasteiger partial charge in [-0.3, -0.25) is 14.7 Å². The first kappa shape index (κ1) is 16.6. The van der Waals surface area contributed by atoms with Crippen molar-refractivity contribution in [3.8, 4) is 11.1 Å². The summed E-state index contributed by atoms with van der Waals surface area (Å²) >= 11 is 8.16. The molecule has 0 bridgehead atoms. The van der Waals surface area contributed by atoms with E-state index in [9.17, 15) is 0 Å². The maximum absolute atomic E-state index is 6.42. The number of hydrogen-bond acceptors (Lipinski definition) is 5. The molecule has 0 amide bonds. The third kappa shape index (κ3) is 3.05. The number of hydrogen-bond donors (Lipinski definition) is 0. The summed E-state index contributed by atoms with van der Waals surface area (Å²) in [5.41, 5.74) is 6.39. The highest BCUT2D eigenvalue weighted by Gasteiger charge is 2.17. The molecule has 0 radical (unpaired) electrons. The molecule has 0 fully saturated rings. The van der Waals surface area contributed by atoms with Gasteiger partial charge in [-0.1, -0.05) is 16.8 Å². The summed E-state index contributed by atoms with van der Waals surface area (Å²) in [7, 11) is 1.88. The van der Waals surface area contributed by atoms with Crippen LogP contribution in [0.3, 0.4) is 0 Å². The van der Waals surface area contributed by atoms with Crippen LogP contribution < -0.4 is 0 Å². The average molecular weight is 394 g/mol. The molecule has 0 saturated carbocycles. The van der Waals surface area contributed by atoms with Crippen LogP contribution >= 0.6 is 22.9 Å². The minimum atomic E-state index is 0.750. The topological polar surface area (TPSA) is 56.0 Å². The highest BCUT2D eigenvalue weighted by Crippen LogP contribution is 2.42. The number of aliphatic imine (C=N–C) groups is 1. The van der Waals surface area contributed by atoms with E-state index in [4.69, 9.17) is 11.6 Å². The van der Waals surface area contributed by atoms with Crippen molar-refractivity contribution >= 4 is 45.1 Å². The molecule has 4 heterocycles. The Morgan fingerprint density at radius 3 is 3.00 bits per heavy atom. The lowest BCUT2D eigenvalue weighted by molar-refractivity contribution is 0.713. The molecule has 0 N–H and O–H groups in total. The molecule has 1 aliphatic rings. The fraction of sp³-hybridized carbons (Fsp3) is 0.200. The van der Waals surface area contributed by atoms with Crippen molar-refractivity contribution in [1.82, 2.24) is 20.0 Å². The van der Waals surface area contributed by atoms with Crippen LogP contribution in [0.25, 0.3) is 21.3 Å². The molecule has 27 heavy (non-hydrogen) atoms. The summed E-state index contributed by atoms with van der Waals surface area (Å²) < 4.78 is 2.88. The van der Waals surface area contributed by atoms with Crippen molar-refractivity contribution in [2.24, 2.45) is 12.0 Å². The van der Waals surface area contributed by atoms with E-state index in [1.54, 1.807) is 16.0 Å². The second-order valence-corrected chi connectivity index (χ2v) is 8.23. The van der Waals surface area contributed by atoms with Crippen LogP contribution in [0.15, 0.2) is 41.7 Å². The fourth-order valence-electron chi connectivity index (χ4n) is 3.52. The second-order valence-electron chi connectivity index (χ2n) is 6.66. The van der Waals surface area contributed by atoms with Gasteiger partial charge in [-0.15, -0.1) is 16.4 Å². The lowest BCUT2D eigenvalue weighted by Crippen LogP contribution is -1.96. The molecule has 0 atom stereocenters. The molecule has 5 nitrogen and oxygen atoms in total. The molecule has 134 valence electrons. The molecule has 1 aliphatic heterocycles. The van der Waals surface area contributed by atoms with Gasteiger partial charge in [-0.25, -0.2) is 0 Å². The van der Waals surface area contributed by atoms with Crippen molar-refractivity contribution in [3.05, 3.63) is 57.8 Å². The summed E-state index contributed by atoms with van der Waals surface area (Å²) in [5, 5.41) is 8.96. The predicted octanol–water partition coefficient (Wildman–Crippen LogP) is 4.98. The first-order valence-electron chi connectivity index (χ1n) is 8.75. The number of aryl methyl sites for hydroxylation is 2. The maximum atomic E-state index is 6.42. The molecular weight excluding hydrogens is 378 g/mol. The van der Waals surface area contributed by atoms with E-state index in [-0.39, 0.29) is 0 Å². The van der Waals surface area contributed by atoms with E-state index in [1.165, 1.54) is 10.4 Å². The van der Waals surface area contributed by atoms with Crippen molar-refractivity contribution in [1.29, 1.82) is 0 Å². The SMILES string of the molecule is Cn1cc(Cc2cc3nccc(-c4cc(Cl)cc5c4N=CCC5)c3s2)nn1. The van der Waals surface area contributed by atoms with Crippen LogP contribution in [0.4, 0.5) is 5.69 Å². The minimum Gasteiger partial charge on any atom is -0.260 e. The molecule has 3 aromatic heterocycles. The third-order valence-electron chi connectivity index (χ3n) is 4.68. The number of thiophene rings is 1. The second kappa shape index (κ2) is 6.55. The van der Waals surface area contributed by atoms with Gasteiger partial charge in [-0.2, -0.15) is 0 Å². The third-order valence-corrected chi connectivity index (χ3v) is 6.05. The van der Waals surface area contributed by atoms with E-state index in [1.807, 2.05) is 37.8 Å². The van der Waals surface area contributed by atoms with Crippen LogP contribution in [0.2, 0.25) is 5.02 Å². The molecule has 0 saturated heterocycles. The molecule has 5 rings (SSSR count). The number of benzene rings is 1. The van der Waals surface area contributed by atoms with Gasteiger partial charge in [-0.05, 0) is 42.7 Å². The van der Waals surface area contributed by atoms with Gasteiger partial charge in [0, 0.05) is 53.1 Å². The van der Waals surface area contributed by atoms with Crippen molar-refractivity contribution < 1.29 is 0 Å². The minimum absolute atomic E-state index is 0.750. The van der Waals surface area contributed by atoms with E-state index in [2.05, 4.69) is 32.4 Å². The smallest absolute Gasteiger partial charge is 0.0878 e. The summed E-state index contributed by atoms with van der Waals surface area (Å²) in [6.07, 6.45) is 8.48. The normalized spacial score (nSPS) is 13.3. The molecule has 1 aromatic carbocycles. The maximum Gasteiger partial charge on any atom is 0.0878 e. The van der Waals surface area contributed by atoms with Crippen molar-refractivity contribution in [2.45, 2.75) is 19.3 Å². The van der Waals surface area contributed by atoms with E-state index >= 15 is 0 Å².